The van der Waals surface area contributed by atoms with Crippen LogP contribution in [-0.4, -0.2) is 29.6 Å². The number of aryl methyl sites for hydroxylation is 2. The van der Waals surface area contributed by atoms with Gasteiger partial charge in [-0.1, -0.05) is 41.9 Å². The fraction of sp³-hybridized carbons (Fsp3) is 0.444. The summed E-state index contributed by atoms with van der Waals surface area (Å²) in [5.74, 6) is 0.777. The molecule has 0 aliphatic rings. The average Bonchev–Trinajstić information content (AvgIpc) is 2.95. The minimum Gasteiger partial charge on any atom is -0.360 e. The van der Waals surface area contributed by atoms with Gasteiger partial charge in [0, 0.05) is 6.07 Å². The molecule has 124 valence electrons. The van der Waals surface area contributed by atoms with Crippen molar-refractivity contribution in [3.63, 3.8) is 0 Å². The van der Waals surface area contributed by atoms with E-state index in [1.54, 1.807) is 0 Å². The zero-order valence-corrected chi connectivity index (χ0v) is 14.3. The standard InChI is InChI=1S/C18H25N3O2/c1-5-16-10-17(23-20-16)11-21(4)12-18(22)19-14(3)15-8-6-13(2)7-9-15/h6-10,14H,5,11-12H2,1-4H3,(H,19,22). The van der Waals surface area contributed by atoms with E-state index in [1.807, 2.05) is 44.0 Å². The minimum absolute atomic E-state index is 0.00388. The summed E-state index contributed by atoms with van der Waals surface area (Å²) < 4.78 is 5.25. The Kier molecular flexibility index (Phi) is 5.93. The zero-order valence-electron chi connectivity index (χ0n) is 14.3. The Bertz CT molecular complexity index is 634. The summed E-state index contributed by atoms with van der Waals surface area (Å²) in [7, 11) is 1.89. The van der Waals surface area contributed by atoms with Crippen molar-refractivity contribution in [2.24, 2.45) is 0 Å². The van der Waals surface area contributed by atoms with Gasteiger partial charge in [-0.25, -0.2) is 0 Å². The molecule has 1 aromatic carbocycles. The lowest BCUT2D eigenvalue weighted by Crippen LogP contribution is -2.36. The molecule has 1 heterocycles. The highest BCUT2D eigenvalue weighted by Gasteiger charge is 2.13. The van der Waals surface area contributed by atoms with Crippen molar-refractivity contribution in [3.05, 3.63) is 52.9 Å². The molecule has 0 aliphatic heterocycles. The number of carbonyl (C=O) groups excluding carboxylic acids is 1. The summed E-state index contributed by atoms with van der Waals surface area (Å²) in [6.07, 6.45) is 0.849. The van der Waals surface area contributed by atoms with E-state index in [4.69, 9.17) is 4.52 Å². The second kappa shape index (κ2) is 7.92. The van der Waals surface area contributed by atoms with E-state index in [2.05, 4.69) is 29.5 Å². The molecule has 0 saturated heterocycles. The quantitative estimate of drug-likeness (QED) is 0.853. The van der Waals surface area contributed by atoms with E-state index in [0.29, 0.717) is 13.1 Å². The molecule has 1 atom stereocenters. The topological polar surface area (TPSA) is 58.4 Å². The predicted molar refractivity (Wildman–Crippen MR) is 90.0 cm³/mol. The maximum absolute atomic E-state index is 12.2. The van der Waals surface area contributed by atoms with Crippen molar-refractivity contribution in [1.29, 1.82) is 0 Å². The summed E-state index contributed by atoms with van der Waals surface area (Å²) in [5.41, 5.74) is 3.26. The van der Waals surface area contributed by atoms with Crippen LogP contribution in [0, 0.1) is 6.92 Å². The predicted octanol–water partition coefficient (Wildman–Crippen LogP) is 2.85. The summed E-state index contributed by atoms with van der Waals surface area (Å²) in [6.45, 7) is 6.96. The first-order chi connectivity index (χ1) is 11.0. The Morgan fingerprint density at radius 3 is 2.65 bits per heavy atom. The molecule has 5 nitrogen and oxygen atoms in total. The van der Waals surface area contributed by atoms with Crippen LogP contribution in [0.5, 0.6) is 0 Å². The van der Waals surface area contributed by atoms with Gasteiger partial charge in [0.1, 0.15) is 0 Å². The van der Waals surface area contributed by atoms with Crippen molar-refractivity contribution in [3.8, 4) is 0 Å². The third-order valence-electron chi connectivity index (χ3n) is 3.76. The number of hydrogen-bond donors (Lipinski definition) is 1. The number of hydrogen-bond acceptors (Lipinski definition) is 4. The molecule has 2 aromatic rings. The molecule has 0 saturated carbocycles. The second-order valence-corrected chi connectivity index (χ2v) is 6.01. The molecular weight excluding hydrogens is 290 g/mol. The van der Waals surface area contributed by atoms with Crippen LogP contribution in [-0.2, 0) is 17.8 Å². The van der Waals surface area contributed by atoms with Crippen molar-refractivity contribution in [2.75, 3.05) is 13.6 Å². The van der Waals surface area contributed by atoms with E-state index in [1.165, 1.54) is 5.56 Å². The molecule has 0 bridgehead atoms. The van der Waals surface area contributed by atoms with E-state index < -0.39 is 0 Å². The maximum atomic E-state index is 12.2. The number of amides is 1. The summed E-state index contributed by atoms with van der Waals surface area (Å²) in [5, 5.41) is 6.98. The van der Waals surface area contributed by atoms with Crippen molar-refractivity contribution < 1.29 is 9.32 Å². The van der Waals surface area contributed by atoms with Gasteiger partial charge in [-0.3, -0.25) is 9.69 Å². The van der Waals surface area contributed by atoms with Gasteiger partial charge in [0.2, 0.25) is 5.91 Å². The highest BCUT2D eigenvalue weighted by molar-refractivity contribution is 5.78. The Labute approximate surface area is 137 Å². The highest BCUT2D eigenvalue weighted by Crippen LogP contribution is 2.13. The molecule has 0 radical (unpaired) electrons. The summed E-state index contributed by atoms with van der Waals surface area (Å²) >= 11 is 0. The molecule has 1 N–H and O–H groups in total. The zero-order chi connectivity index (χ0) is 16.8. The second-order valence-electron chi connectivity index (χ2n) is 6.01. The minimum atomic E-state index is -0.00604. The third kappa shape index (κ3) is 5.21. The molecule has 5 heteroatoms. The number of rotatable bonds is 7. The molecule has 2 rings (SSSR count). The van der Waals surface area contributed by atoms with Crippen LogP contribution in [0.15, 0.2) is 34.9 Å². The van der Waals surface area contributed by atoms with Crippen molar-refractivity contribution >= 4 is 5.91 Å². The van der Waals surface area contributed by atoms with Crippen LogP contribution in [0.1, 0.15) is 42.5 Å². The molecule has 1 aromatic heterocycles. The number of aromatic nitrogens is 1. The Morgan fingerprint density at radius 2 is 2.04 bits per heavy atom. The fourth-order valence-corrected chi connectivity index (χ4v) is 2.39. The van der Waals surface area contributed by atoms with Gasteiger partial charge in [0.05, 0.1) is 24.8 Å². The van der Waals surface area contributed by atoms with Gasteiger partial charge in [-0.05, 0) is 32.9 Å². The number of carbonyl (C=O) groups is 1. The third-order valence-corrected chi connectivity index (χ3v) is 3.76. The lowest BCUT2D eigenvalue weighted by atomic mass is 10.1. The van der Waals surface area contributed by atoms with E-state index in [0.717, 1.165) is 23.4 Å². The van der Waals surface area contributed by atoms with Crippen LogP contribution in [0.3, 0.4) is 0 Å². The largest absolute Gasteiger partial charge is 0.360 e. The Morgan fingerprint density at radius 1 is 1.35 bits per heavy atom. The van der Waals surface area contributed by atoms with E-state index >= 15 is 0 Å². The van der Waals surface area contributed by atoms with Gasteiger partial charge in [-0.2, -0.15) is 0 Å². The van der Waals surface area contributed by atoms with Crippen LogP contribution in [0.4, 0.5) is 0 Å². The molecule has 0 aliphatic carbocycles. The van der Waals surface area contributed by atoms with E-state index in [9.17, 15) is 4.79 Å². The van der Waals surface area contributed by atoms with Gasteiger partial charge in [0.25, 0.3) is 0 Å². The average molecular weight is 315 g/mol. The number of nitrogens with zero attached hydrogens (tertiary/aromatic N) is 2. The van der Waals surface area contributed by atoms with Gasteiger partial charge >= 0.3 is 0 Å². The van der Waals surface area contributed by atoms with Crippen molar-refractivity contribution in [1.82, 2.24) is 15.4 Å². The summed E-state index contributed by atoms with van der Waals surface area (Å²) in [4.78, 5) is 14.1. The van der Waals surface area contributed by atoms with E-state index in [-0.39, 0.29) is 11.9 Å². The first kappa shape index (κ1) is 17.2. The van der Waals surface area contributed by atoms with Crippen LogP contribution >= 0.6 is 0 Å². The van der Waals surface area contributed by atoms with Gasteiger partial charge < -0.3 is 9.84 Å². The SMILES string of the molecule is CCc1cc(CN(C)CC(=O)NC(C)c2ccc(C)cc2)on1. The van der Waals surface area contributed by atoms with Gasteiger partial charge in [-0.15, -0.1) is 0 Å². The van der Waals surface area contributed by atoms with Crippen molar-refractivity contribution in [2.45, 2.75) is 39.8 Å². The molecule has 23 heavy (non-hydrogen) atoms. The maximum Gasteiger partial charge on any atom is 0.234 e. The lowest BCUT2D eigenvalue weighted by Gasteiger charge is -2.18. The molecule has 1 unspecified atom stereocenters. The molecular formula is C18H25N3O2. The Hall–Kier alpha value is -2.14. The molecule has 1 amide bonds. The number of likely N-dealkylation sites (N-methyl/N-ethyl adjacent to an activating group) is 1. The number of nitrogens with one attached hydrogen (secondary N) is 1. The summed E-state index contributed by atoms with van der Waals surface area (Å²) in [6, 6.07) is 10.1. The highest BCUT2D eigenvalue weighted by atomic mass is 16.5. The first-order valence-corrected chi connectivity index (χ1v) is 7.97. The molecule has 0 spiro atoms. The monoisotopic (exact) mass is 315 g/mol. The van der Waals surface area contributed by atoms with Crippen LogP contribution in [0.2, 0.25) is 0 Å². The first-order valence-electron chi connectivity index (χ1n) is 7.97. The smallest absolute Gasteiger partial charge is 0.234 e. The van der Waals surface area contributed by atoms with Crippen LogP contribution < -0.4 is 5.32 Å². The van der Waals surface area contributed by atoms with Gasteiger partial charge in [0.15, 0.2) is 5.76 Å². The number of benzene rings is 1. The molecule has 0 fully saturated rings. The van der Waals surface area contributed by atoms with Crippen LogP contribution in [0.25, 0.3) is 0 Å². The normalized spacial score (nSPS) is 12.4. The lowest BCUT2D eigenvalue weighted by molar-refractivity contribution is -0.122. The fourth-order valence-electron chi connectivity index (χ4n) is 2.39. The Balaban J connectivity index is 1.82.